The molecule has 7 heteroatoms. The highest BCUT2D eigenvalue weighted by Crippen LogP contribution is 2.61. The lowest BCUT2D eigenvalue weighted by Gasteiger charge is -2.39. The summed E-state index contributed by atoms with van der Waals surface area (Å²) in [7, 11) is -1.19. The molecule has 0 radical (unpaired) electrons. The fourth-order valence-corrected chi connectivity index (χ4v) is 8.07. The van der Waals surface area contributed by atoms with Crippen molar-refractivity contribution in [3.63, 3.8) is 0 Å². The van der Waals surface area contributed by atoms with Crippen LogP contribution in [-0.4, -0.2) is 25.2 Å². The van der Waals surface area contributed by atoms with E-state index in [0.29, 0.717) is 12.2 Å². The number of rotatable bonds is 4. The van der Waals surface area contributed by atoms with Gasteiger partial charge in [-0.3, -0.25) is 9.42 Å². The number of phosphoric ester groups is 1. The number of methoxy groups -OCH3 is 2. The first-order valence-electron chi connectivity index (χ1n) is 14.2. The number of benzene rings is 4. The van der Waals surface area contributed by atoms with Crippen molar-refractivity contribution in [2.24, 2.45) is 0 Å². The zero-order valence-electron chi connectivity index (χ0n) is 23.2. The van der Waals surface area contributed by atoms with Gasteiger partial charge in [0.25, 0.3) is 0 Å². The fourth-order valence-electron chi connectivity index (χ4n) is 7.02. The Morgan fingerprint density at radius 2 is 1.54 bits per heavy atom. The van der Waals surface area contributed by atoms with Gasteiger partial charge in [0.2, 0.25) is 0 Å². The molecule has 4 aromatic rings. The van der Waals surface area contributed by atoms with E-state index in [1.807, 2.05) is 54.6 Å². The van der Waals surface area contributed by atoms with E-state index in [1.165, 1.54) is 16.7 Å². The van der Waals surface area contributed by atoms with Gasteiger partial charge < -0.3 is 14.0 Å². The van der Waals surface area contributed by atoms with Gasteiger partial charge in [0.05, 0.1) is 20.3 Å². The summed E-state index contributed by atoms with van der Waals surface area (Å²) < 4.78 is 36.9. The van der Waals surface area contributed by atoms with Gasteiger partial charge in [-0.1, -0.05) is 48.5 Å². The van der Waals surface area contributed by atoms with Crippen LogP contribution in [0.15, 0.2) is 78.9 Å². The molecule has 1 heterocycles. The summed E-state index contributed by atoms with van der Waals surface area (Å²) in [6.07, 6.45) is 4.15. The molecule has 6 nitrogen and oxygen atoms in total. The van der Waals surface area contributed by atoms with E-state index in [4.69, 9.17) is 18.5 Å². The van der Waals surface area contributed by atoms with Gasteiger partial charge in [-0.15, -0.1) is 0 Å². The molecule has 2 aliphatic carbocycles. The number of ether oxygens (including phenoxy) is 2. The smallest absolute Gasteiger partial charge is 0.497 e. The van der Waals surface area contributed by atoms with Gasteiger partial charge in [0.15, 0.2) is 0 Å². The highest BCUT2D eigenvalue weighted by atomic mass is 31.2. The number of phosphoric acid groups is 1. The molecule has 210 valence electrons. The lowest BCUT2D eigenvalue weighted by molar-refractivity contribution is 0.107. The van der Waals surface area contributed by atoms with Crippen LogP contribution in [0.4, 0.5) is 0 Å². The zero-order chi connectivity index (χ0) is 28.1. The molecule has 0 spiro atoms. The summed E-state index contributed by atoms with van der Waals surface area (Å²) in [5.74, 6) is 1.55. The highest BCUT2D eigenvalue weighted by Gasteiger charge is 2.49. The van der Waals surface area contributed by atoms with Crippen LogP contribution in [0, 0.1) is 0 Å². The van der Waals surface area contributed by atoms with Crippen LogP contribution in [0.2, 0.25) is 0 Å². The maximum Gasteiger partial charge on any atom is 0.527 e. The second-order valence-corrected chi connectivity index (χ2v) is 12.5. The predicted molar refractivity (Wildman–Crippen MR) is 158 cm³/mol. The Morgan fingerprint density at radius 1 is 0.854 bits per heavy atom. The molecule has 4 atom stereocenters. The average Bonchev–Trinajstić information content (AvgIpc) is 3.13. The second kappa shape index (κ2) is 10.4. The first-order valence-corrected chi connectivity index (χ1v) is 15.7. The van der Waals surface area contributed by atoms with E-state index in [-0.39, 0.29) is 11.8 Å². The first kappa shape index (κ1) is 26.3. The number of fused-ring (bicyclic) bond motifs is 7. The molecule has 3 aliphatic rings. The Balaban J connectivity index is 1.50. The fraction of sp³-hybridized carbons (Fsp3) is 0.294. The monoisotopic (exact) mass is 568 g/mol. The van der Waals surface area contributed by atoms with Crippen LogP contribution < -0.4 is 14.0 Å². The number of hydrogen-bond acceptors (Lipinski definition) is 5. The third kappa shape index (κ3) is 4.64. The molecule has 1 aliphatic heterocycles. The van der Waals surface area contributed by atoms with E-state index in [9.17, 15) is 9.46 Å². The van der Waals surface area contributed by atoms with E-state index < -0.39 is 13.9 Å². The molecule has 0 aromatic heterocycles. The van der Waals surface area contributed by atoms with Crippen molar-refractivity contribution in [2.75, 3.05) is 14.2 Å². The molecule has 0 saturated heterocycles. The second-order valence-electron chi connectivity index (χ2n) is 11.1. The predicted octanol–water partition coefficient (Wildman–Crippen LogP) is 7.60. The Hall–Kier alpha value is -3.57. The van der Waals surface area contributed by atoms with E-state index in [1.54, 1.807) is 14.2 Å². The third-order valence-electron chi connectivity index (χ3n) is 8.92. The topological polar surface area (TPSA) is 74.2 Å². The van der Waals surface area contributed by atoms with E-state index >= 15 is 0 Å². The maximum absolute atomic E-state index is 13.8. The summed E-state index contributed by atoms with van der Waals surface area (Å²) in [6, 6.07) is 26.3. The number of aryl methyl sites for hydroxylation is 1. The lowest BCUT2D eigenvalue weighted by Crippen LogP contribution is -2.35. The molecule has 0 fully saturated rings. The van der Waals surface area contributed by atoms with Crippen molar-refractivity contribution >= 4 is 7.82 Å². The van der Waals surface area contributed by atoms with Crippen LogP contribution in [0.5, 0.6) is 17.2 Å². The van der Waals surface area contributed by atoms with Crippen LogP contribution in [0.25, 0.3) is 11.1 Å². The summed E-state index contributed by atoms with van der Waals surface area (Å²) in [6.45, 7) is 0. The van der Waals surface area contributed by atoms with Crippen LogP contribution >= 0.6 is 7.82 Å². The Kier molecular flexibility index (Phi) is 6.66. The standard InChI is InChI=1S/C34H33O6P/c1-37-25-15-11-21(12-16-25)29-19-23-7-3-5-9-27(23)31-32-28-10-6-4-8-24(28)20-30(22-13-17-26(38-2)18-14-22)34(32)40-41(35,36)39-33(29)31/h3,5,7,9,11-18,20,29,31,33H,4,6,8,10,19H2,1-2H3,(H,35,36)/t29?,31-,33-/m1/s1. The van der Waals surface area contributed by atoms with E-state index in [2.05, 4.69) is 24.3 Å². The summed E-state index contributed by atoms with van der Waals surface area (Å²) >= 11 is 0. The molecule has 0 amide bonds. The molecule has 41 heavy (non-hydrogen) atoms. The molecule has 0 bridgehead atoms. The van der Waals surface area contributed by atoms with Crippen molar-refractivity contribution in [3.8, 4) is 28.4 Å². The maximum atomic E-state index is 13.8. The van der Waals surface area contributed by atoms with Crippen LogP contribution in [-0.2, 0) is 28.4 Å². The van der Waals surface area contributed by atoms with Crippen molar-refractivity contribution in [1.82, 2.24) is 0 Å². The molecule has 2 unspecified atom stereocenters. The zero-order valence-corrected chi connectivity index (χ0v) is 24.1. The normalized spacial score (nSPS) is 24.5. The Morgan fingerprint density at radius 3 is 2.27 bits per heavy atom. The third-order valence-corrected chi connectivity index (χ3v) is 9.84. The van der Waals surface area contributed by atoms with Crippen LogP contribution in [0.1, 0.15) is 58.1 Å². The molecule has 7 rings (SSSR count). The Bertz CT molecular complexity index is 1650. The molecule has 0 saturated carbocycles. The highest BCUT2D eigenvalue weighted by molar-refractivity contribution is 7.47. The van der Waals surface area contributed by atoms with Gasteiger partial charge in [-0.25, -0.2) is 4.57 Å². The average molecular weight is 569 g/mol. The van der Waals surface area contributed by atoms with Gasteiger partial charge in [0.1, 0.15) is 17.2 Å². The summed E-state index contributed by atoms with van der Waals surface area (Å²) in [5, 5.41) is 0. The minimum absolute atomic E-state index is 0.153. The molecular formula is C34H33O6P. The summed E-state index contributed by atoms with van der Waals surface area (Å²) in [4.78, 5) is 11.3. The van der Waals surface area contributed by atoms with Gasteiger partial charge in [0, 0.05) is 23.0 Å². The SMILES string of the molecule is COc1ccc(-c2cc3c(c4c2OP(=O)(O)O[C@@H]2C(c5ccc(OC)cc5)Cc5ccccc5[C@H]42)CCCC3)cc1. The lowest BCUT2D eigenvalue weighted by atomic mass is 9.67. The minimum atomic E-state index is -4.48. The first-order chi connectivity index (χ1) is 20.0. The quantitative estimate of drug-likeness (QED) is 0.256. The van der Waals surface area contributed by atoms with Crippen molar-refractivity contribution in [3.05, 3.63) is 112 Å². The number of hydrogen-bond donors (Lipinski definition) is 1. The van der Waals surface area contributed by atoms with Crippen molar-refractivity contribution in [2.45, 2.75) is 50.0 Å². The summed E-state index contributed by atoms with van der Waals surface area (Å²) in [5.41, 5.74) is 8.62. The molecular weight excluding hydrogens is 535 g/mol. The van der Waals surface area contributed by atoms with Crippen LogP contribution in [0.3, 0.4) is 0 Å². The van der Waals surface area contributed by atoms with Gasteiger partial charge in [-0.05, 0) is 95.8 Å². The van der Waals surface area contributed by atoms with Crippen molar-refractivity contribution in [1.29, 1.82) is 0 Å². The molecule has 1 N–H and O–H groups in total. The molecule has 4 aromatic carbocycles. The minimum Gasteiger partial charge on any atom is -0.497 e. The largest absolute Gasteiger partial charge is 0.527 e. The van der Waals surface area contributed by atoms with Crippen molar-refractivity contribution < 1.29 is 28.0 Å². The van der Waals surface area contributed by atoms with Gasteiger partial charge >= 0.3 is 7.82 Å². The van der Waals surface area contributed by atoms with Gasteiger partial charge in [-0.2, -0.15) is 0 Å². The Labute approximate surface area is 240 Å². The van der Waals surface area contributed by atoms with E-state index in [0.717, 1.165) is 65.0 Å².